The van der Waals surface area contributed by atoms with Crippen LogP contribution >= 0.6 is 11.3 Å². The molecule has 0 fully saturated rings. The van der Waals surface area contributed by atoms with Gasteiger partial charge < -0.3 is 5.73 Å². The number of rotatable bonds is 2. The molecule has 0 spiro atoms. The van der Waals surface area contributed by atoms with Crippen LogP contribution in [0, 0.1) is 0 Å². The molecule has 0 aliphatic carbocycles. The number of amides is 1. The minimum Gasteiger partial charge on any atom is -0.396 e. The first kappa shape index (κ1) is 10.8. The average molecular weight is 237 g/mol. The van der Waals surface area contributed by atoms with E-state index in [0.29, 0.717) is 20.9 Å². The van der Waals surface area contributed by atoms with Gasteiger partial charge in [-0.25, -0.2) is 15.0 Å². The number of thiophene rings is 1. The molecule has 0 aliphatic heterocycles. The molecule has 0 aliphatic rings. The second-order valence-electron chi connectivity index (χ2n) is 3.39. The number of nitrogens with one attached hydrogen (secondary N) is 1. The maximum absolute atomic E-state index is 11.8. The van der Waals surface area contributed by atoms with Gasteiger partial charge in [-0.1, -0.05) is 0 Å². The second-order valence-corrected chi connectivity index (χ2v) is 4.39. The Bertz CT molecular complexity index is 536. The molecule has 6 nitrogen and oxygen atoms in total. The highest BCUT2D eigenvalue weighted by atomic mass is 32.1. The minimum atomic E-state index is -0.243. The van der Waals surface area contributed by atoms with Gasteiger partial charge in [-0.15, -0.1) is 11.3 Å². The van der Waals surface area contributed by atoms with E-state index in [9.17, 15) is 4.79 Å². The summed E-state index contributed by atoms with van der Waals surface area (Å²) in [5.41, 5.74) is 9.44. The number of nitrogens with zero attached hydrogens (tertiary/aromatic N) is 3. The maximum atomic E-state index is 11.8. The monoisotopic (exact) mass is 237 g/mol. The molecule has 2 rings (SSSR count). The summed E-state index contributed by atoms with van der Waals surface area (Å²) in [7, 11) is 3.47. The third-order valence-electron chi connectivity index (χ3n) is 1.89. The van der Waals surface area contributed by atoms with Crippen LogP contribution in [0.2, 0.25) is 0 Å². The zero-order valence-electron chi connectivity index (χ0n) is 8.89. The summed E-state index contributed by atoms with van der Waals surface area (Å²) < 4.78 is 0. The van der Waals surface area contributed by atoms with Crippen molar-refractivity contribution in [3.05, 3.63) is 17.3 Å². The van der Waals surface area contributed by atoms with Crippen LogP contribution in [0.5, 0.6) is 0 Å². The molecule has 84 valence electrons. The van der Waals surface area contributed by atoms with Crippen molar-refractivity contribution in [2.24, 2.45) is 0 Å². The van der Waals surface area contributed by atoms with E-state index in [2.05, 4.69) is 15.4 Å². The van der Waals surface area contributed by atoms with Crippen molar-refractivity contribution in [1.29, 1.82) is 0 Å². The number of carbonyl (C=O) groups is 1. The standard InChI is InChI=1S/C9H11N5OS/c1-14(2)13-8(15)7-5(10)6-9(16-7)12-4-3-11-6/h3-4H,10H2,1-2H3,(H,13,15). The third kappa shape index (κ3) is 1.82. The number of hydrazine groups is 1. The van der Waals surface area contributed by atoms with E-state index in [1.165, 1.54) is 11.3 Å². The molecule has 2 aromatic rings. The summed E-state index contributed by atoms with van der Waals surface area (Å²) in [6.07, 6.45) is 3.13. The SMILES string of the molecule is CN(C)NC(=O)c1sc2nccnc2c1N. The van der Waals surface area contributed by atoms with Crippen LogP contribution in [-0.4, -0.2) is 35.0 Å². The summed E-state index contributed by atoms with van der Waals surface area (Å²) >= 11 is 1.24. The molecule has 0 radical (unpaired) electrons. The molecule has 0 aromatic carbocycles. The highest BCUT2D eigenvalue weighted by Gasteiger charge is 2.17. The Hall–Kier alpha value is -1.73. The van der Waals surface area contributed by atoms with E-state index in [1.807, 2.05) is 0 Å². The van der Waals surface area contributed by atoms with Crippen molar-refractivity contribution in [1.82, 2.24) is 20.4 Å². The number of hydrogen-bond donors (Lipinski definition) is 2. The van der Waals surface area contributed by atoms with Gasteiger partial charge in [0.1, 0.15) is 15.2 Å². The van der Waals surface area contributed by atoms with Crippen molar-refractivity contribution in [2.75, 3.05) is 19.8 Å². The van der Waals surface area contributed by atoms with Gasteiger partial charge in [0, 0.05) is 26.5 Å². The fourth-order valence-electron chi connectivity index (χ4n) is 1.27. The van der Waals surface area contributed by atoms with Gasteiger partial charge in [-0.05, 0) is 0 Å². The van der Waals surface area contributed by atoms with E-state index in [-0.39, 0.29) is 5.91 Å². The van der Waals surface area contributed by atoms with Gasteiger partial charge in [0.15, 0.2) is 0 Å². The molecular weight excluding hydrogens is 226 g/mol. The lowest BCUT2D eigenvalue weighted by atomic mass is 10.3. The molecule has 1 amide bonds. The largest absolute Gasteiger partial charge is 0.396 e. The van der Waals surface area contributed by atoms with Crippen LogP contribution in [0.25, 0.3) is 10.3 Å². The van der Waals surface area contributed by atoms with Crippen LogP contribution in [-0.2, 0) is 0 Å². The van der Waals surface area contributed by atoms with Crippen molar-refractivity contribution in [3.8, 4) is 0 Å². The zero-order chi connectivity index (χ0) is 11.7. The summed E-state index contributed by atoms with van der Waals surface area (Å²) in [4.78, 5) is 21.1. The van der Waals surface area contributed by atoms with Crippen LogP contribution < -0.4 is 11.2 Å². The Labute approximate surface area is 96.1 Å². The molecule has 16 heavy (non-hydrogen) atoms. The van der Waals surface area contributed by atoms with Crippen LogP contribution in [0.15, 0.2) is 12.4 Å². The predicted octanol–water partition coefficient (Wildman–Crippen LogP) is 0.480. The summed E-state index contributed by atoms with van der Waals surface area (Å²) in [5.74, 6) is -0.243. The number of nitrogens with two attached hydrogens (primary N) is 1. The van der Waals surface area contributed by atoms with Crippen molar-refractivity contribution in [3.63, 3.8) is 0 Å². The maximum Gasteiger partial charge on any atom is 0.277 e. The number of hydrogen-bond acceptors (Lipinski definition) is 6. The van der Waals surface area contributed by atoms with Crippen LogP contribution in [0.1, 0.15) is 9.67 Å². The van der Waals surface area contributed by atoms with Gasteiger partial charge >= 0.3 is 0 Å². The normalized spacial score (nSPS) is 10.9. The van der Waals surface area contributed by atoms with Crippen molar-refractivity contribution >= 4 is 33.3 Å². The van der Waals surface area contributed by atoms with Gasteiger partial charge in [-0.2, -0.15) is 0 Å². The molecule has 0 saturated heterocycles. The Morgan fingerprint density at radius 1 is 1.44 bits per heavy atom. The van der Waals surface area contributed by atoms with Gasteiger partial charge in [0.05, 0.1) is 5.69 Å². The Morgan fingerprint density at radius 3 is 2.75 bits per heavy atom. The third-order valence-corrected chi connectivity index (χ3v) is 3.00. The minimum absolute atomic E-state index is 0.243. The topological polar surface area (TPSA) is 84.1 Å². The zero-order valence-corrected chi connectivity index (χ0v) is 9.71. The number of fused-ring (bicyclic) bond motifs is 1. The van der Waals surface area contributed by atoms with Crippen LogP contribution in [0.4, 0.5) is 5.69 Å². The quantitative estimate of drug-likeness (QED) is 0.742. The summed E-state index contributed by atoms with van der Waals surface area (Å²) in [5, 5.41) is 1.56. The molecule has 2 aromatic heterocycles. The molecular formula is C9H11N5OS. The average Bonchev–Trinajstić information content (AvgIpc) is 2.56. The molecule has 0 saturated carbocycles. The summed E-state index contributed by atoms with van der Waals surface area (Å²) in [6, 6.07) is 0. The molecule has 7 heteroatoms. The van der Waals surface area contributed by atoms with E-state index >= 15 is 0 Å². The van der Waals surface area contributed by atoms with Gasteiger partial charge in [0.2, 0.25) is 0 Å². The molecule has 0 unspecified atom stereocenters. The number of aromatic nitrogens is 2. The Morgan fingerprint density at radius 2 is 2.12 bits per heavy atom. The van der Waals surface area contributed by atoms with Crippen molar-refractivity contribution in [2.45, 2.75) is 0 Å². The molecule has 3 N–H and O–H groups in total. The molecule has 0 bridgehead atoms. The van der Waals surface area contributed by atoms with E-state index in [1.54, 1.807) is 31.5 Å². The Kier molecular flexibility index (Phi) is 2.71. The van der Waals surface area contributed by atoms with Gasteiger partial charge in [0.25, 0.3) is 5.91 Å². The molecule has 2 heterocycles. The number of nitrogen functional groups attached to an aromatic ring is 1. The number of anilines is 1. The second kappa shape index (κ2) is 4.03. The number of carbonyl (C=O) groups excluding carboxylic acids is 1. The first-order valence-electron chi connectivity index (χ1n) is 4.57. The Balaban J connectivity index is 2.45. The van der Waals surface area contributed by atoms with Gasteiger partial charge in [-0.3, -0.25) is 10.2 Å². The highest BCUT2D eigenvalue weighted by Crippen LogP contribution is 2.30. The van der Waals surface area contributed by atoms with E-state index < -0.39 is 0 Å². The predicted molar refractivity (Wildman–Crippen MR) is 63.0 cm³/mol. The lowest BCUT2D eigenvalue weighted by molar-refractivity contribution is 0.0862. The van der Waals surface area contributed by atoms with Crippen molar-refractivity contribution < 1.29 is 4.79 Å². The smallest absolute Gasteiger partial charge is 0.277 e. The fourth-order valence-corrected chi connectivity index (χ4v) is 2.18. The lowest BCUT2D eigenvalue weighted by Gasteiger charge is -2.10. The first-order valence-corrected chi connectivity index (χ1v) is 5.38. The first-order chi connectivity index (χ1) is 7.59. The highest BCUT2D eigenvalue weighted by molar-refractivity contribution is 7.21. The van der Waals surface area contributed by atoms with E-state index in [4.69, 9.17) is 5.73 Å². The van der Waals surface area contributed by atoms with E-state index in [0.717, 1.165) is 0 Å². The fraction of sp³-hybridized carbons (Fsp3) is 0.222. The summed E-state index contributed by atoms with van der Waals surface area (Å²) in [6.45, 7) is 0. The molecule has 0 atom stereocenters. The lowest BCUT2D eigenvalue weighted by Crippen LogP contribution is -2.35. The van der Waals surface area contributed by atoms with Crippen LogP contribution in [0.3, 0.4) is 0 Å².